The lowest BCUT2D eigenvalue weighted by Gasteiger charge is -2.24. The first-order valence-corrected chi connectivity index (χ1v) is 9.88. The highest BCUT2D eigenvalue weighted by atomic mass is 79.9. The first-order valence-electron chi connectivity index (χ1n) is 9.09. The molecule has 3 aromatic rings. The number of aliphatic hydroxyl groups excluding tert-OH is 1. The summed E-state index contributed by atoms with van der Waals surface area (Å²) in [5, 5.41) is 11.0. The van der Waals surface area contributed by atoms with Crippen molar-refractivity contribution in [1.82, 2.24) is 4.90 Å². The number of hydrogen-bond donors (Lipinski definition) is 1. The predicted molar refractivity (Wildman–Crippen MR) is 112 cm³/mol. The van der Waals surface area contributed by atoms with Gasteiger partial charge in [0.15, 0.2) is 0 Å². The van der Waals surface area contributed by atoms with Gasteiger partial charge in [-0.1, -0.05) is 57.9 Å². The normalized spacial score (nSPS) is 18.4. The molecule has 1 unspecified atom stereocenters. The Balaban J connectivity index is 1.86. The molecule has 1 atom stereocenters. The van der Waals surface area contributed by atoms with Crippen LogP contribution in [0.1, 0.15) is 28.5 Å². The van der Waals surface area contributed by atoms with Crippen LogP contribution >= 0.6 is 15.9 Å². The second kappa shape index (κ2) is 7.72. The fourth-order valence-electron chi connectivity index (χ4n) is 3.47. The first-order chi connectivity index (χ1) is 14.0. The fraction of sp³-hybridized carbons (Fsp3) is 0.130. The molecule has 1 aromatic heterocycles. The van der Waals surface area contributed by atoms with Crippen LogP contribution in [0.2, 0.25) is 0 Å². The van der Waals surface area contributed by atoms with Gasteiger partial charge in [0.05, 0.1) is 24.4 Å². The first kappa shape index (κ1) is 19.2. The fourth-order valence-corrected chi connectivity index (χ4v) is 3.74. The predicted octanol–water partition coefficient (Wildman–Crippen LogP) is 4.97. The van der Waals surface area contributed by atoms with Crippen LogP contribution in [0.4, 0.5) is 0 Å². The molecule has 1 saturated heterocycles. The van der Waals surface area contributed by atoms with Crippen molar-refractivity contribution in [1.29, 1.82) is 0 Å². The monoisotopic (exact) mass is 451 g/mol. The van der Waals surface area contributed by atoms with E-state index in [9.17, 15) is 14.7 Å². The molecule has 0 radical (unpaired) electrons. The van der Waals surface area contributed by atoms with Crippen LogP contribution < -0.4 is 0 Å². The minimum Gasteiger partial charge on any atom is -0.507 e. The number of rotatable bonds is 4. The number of aliphatic hydroxyl groups is 1. The summed E-state index contributed by atoms with van der Waals surface area (Å²) in [5.41, 5.74) is 2.33. The van der Waals surface area contributed by atoms with Gasteiger partial charge in [0.25, 0.3) is 11.7 Å². The largest absolute Gasteiger partial charge is 0.507 e. The van der Waals surface area contributed by atoms with Crippen molar-refractivity contribution in [2.45, 2.75) is 19.5 Å². The van der Waals surface area contributed by atoms with E-state index in [0.29, 0.717) is 11.3 Å². The zero-order valence-electron chi connectivity index (χ0n) is 15.6. The molecule has 0 bridgehead atoms. The van der Waals surface area contributed by atoms with Crippen molar-refractivity contribution in [3.05, 3.63) is 99.4 Å². The molecule has 0 aliphatic carbocycles. The van der Waals surface area contributed by atoms with E-state index >= 15 is 0 Å². The van der Waals surface area contributed by atoms with E-state index in [-0.39, 0.29) is 17.9 Å². The number of benzene rings is 2. The van der Waals surface area contributed by atoms with Crippen LogP contribution in [0.3, 0.4) is 0 Å². The second-order valence-corrected chi connectivity index (χ2v) is 7.84. The zero-order chi connectivity index (χ0) is 20.5. The Bertz CT molecular complexity index is 1080. The number of carbonyl (C=O) groups excluding carboxylic acids is 2. The highest BCUT2D eigenvalue weighted by molar-refractivity contribution is 9.10. The number of amides is 1. The number of ketones is 1. The van der Waals surface area contributed by atoms with Gasteiger partial charge < -0.3 is 14.4 Å². The van der Waals surface area contributed by atoms with Gasteiger partial charge in [-0.2, -0.15) is 0 Å². The number of aryl methyl sites for hydroxylation is 1. The Hall–Kier alpha value is -3.12. The number of hydrogen-bond acceptors (Lipinski definition) is 4. The molecule has 4 rings (SSSR count). The third-order valence-electron chi connectivity index (χ3n) is 4.96. The van der Waals surface area contributed by atoms with Crippen LogP contribution in [0, 0.1) is 6.92 Å². The van der Waals surface area contributed by atoms with Crippen molar-refractivity contribution >= 4 is 33.4 Å². The zero-order valence-corrected chi connectivity index (χ0v) is 17.2. The van der Waals surface area contributed by atoms with Gasteiger partial charge in [-0.25, -0.2) is 0 Å². The molecule has 1 amide bonds. The molecule has 5 nitrogen and oxygen atoms in total. The number of likely N-dealkylation sites (tertiary alicyclic amines) is 1. The summed E-state index contributed by atoms with van der Waals surface area (Å²) >= 11 is 3.41. The molecule has 0 saturated carbocycles. The summed E-state index contributed by atoms with van der Waals surface area (Å²) in [7, 11) is 0. The van der Waals surface area contributed by atoms with Crippen LogP contribution in [-0.2, 0) is 16.1 Å². The maximum Gasteiger partial charge on any atom is 0.296 e. The summed E-state index contributed by atoms with van der Waals surface area (Å²) in [4.78, 5) is 27.2. The molecule has 6 heteroatoms. The topological polar surface area (TPSA) is 70.8 Å². The SMILES string of the molecule is Cc1ccc(/C(O)=C2/C(=O)C(=O)N(Cc3ccco3)C2c2ccc(Br)cc2)cc1. The Morgan fingerprint density at radius 2 is 1.76 bits per heavy atom. The van der Waals surface area contributed by atoms with Crippen molar-refractivity contribution in [2.24, 2.45) is 0 Å². The molecule has 2 heterocycles. The number of furan rings is 1. The standard InChI is InChI=1S/C23H18BrNO4/c1-14-4-6-16(7-5-14)21(26)19-20(15-8-10-17(24)11-9-15)25(23(28)22(19)27)13-18-3-2-12-29-18/h2-12,20,26H,13H2,1H3/b21-19-. The van der Waals surface area contributed by atoms with E-state index in [1.54, 1.807) is 24.3 Å². The lowest BCUT2D eigenvalue weighted by molar-refractivity contribution is -0.140. The molecule has 1 fully saturated rings. The Morgan fingerprint density at radius 1 is 1.07 bits per heavy atom. The molecule has 0 spiro atoms. The van der Waals surface area contributed by atoms with E-state index in [1.807, 2.05) is 43.3 Å². The number of Topliss-reactive ketones (excluding diaryl/α,β-unsaturated/α-hetero) is 1. The maximum absolute atomic E-state index is 12.9. The Kier molecular flexibility index (Phi) is 5.11. The van der Waals surface area contributed by atoms with Crippen molar-refractivity contribution in [3.8, 4) is 0 Å². The van der Waals surface area contributed by atoms with Gasteiger partial charge in [0.2, 0.25) is 0 Å². The van der Waals surface area contributed by atoms with Crippen LogP contribution in [-0.4, -0.2) is 21.7 Å². The van der Waals surface area contributed by atoms with Gasteiger partial charge in [-0.15, -0.1) is 0 Å². The summed E-state index contributed by atoms with van der Waals surface area (Å²) in [6.07, 6.45) is 1.52. The van der Waals surface area contributed by atoms with Crippen molar-refractivity contribution in [2.75, 3.05) is 0 Å². The minimum atomic E-state index is -0.713. The van der Waals surface area contributed by atoms with E-state index in [4.69, 9.17) is 4.42 Å². The second-order valence-electron chi connectivity index (χ2n) is 6.92. The average Bonchev–Trinajstić information content (AvgIpc) is 3.31. The minimum absolute atomic E-state index is 0.0766. The van der Waals surface area contributed by atoms with Crippen molar-refractivity contribution in [3.63, 3.8) is 0 Å². The van der Waals surface area contributed by atoms with E-state index in [2.05, 4.69) is 15.9 Å². The molecule has 1 N–H and O–H groups in total. The lowest BCUT2D eigenvalue weighted by atomic mass is 9.95. The van der Waals surface area contributed by atoms with Gasteiger partial charge in [0.1, 0.15) is 11.5 Å². The third kappa shape index (κ3) is 3.63. The van der Waals surface area contributed by atoms with Crippen LogP contribution in [0.15, 0.2) is 81.4 Å². The van der Waals surface area contributed by atoms with E-state index in [1.165, 1.54) is 11.2 Å². The Labute approximate surface area is 176 Å². The van der Waals surface area contributed by atoms with E-state index < -0.39 is 17.7 Å². The third-order valence-corrected chi connectivity index (χ3v) is 5.49. The van der Waals surface area contributed by atoms with Crippen LogP contribution in [0.25, 0.3) is 5.76 Å². The molecule has 1 aliphatic rings. The van der Waals surface area contributed by atoms with Crippen molar-refractivity contribution < 1.29 is 19.1 Å². The molecule has 1 aliphatic heterocycles. The van der Waals surface area contributed by atoms with Gasteiger partial charge >= 0.3 is 0 Å². The van der Waals surface area contributed by atoms with Gasteiger partial charge in [-0.05, 0) is 36.8 Å². The molecule has 2 aromatic carbocycles. The summed E-state index contributed by atoms with van der Waals surface area (Å²) < 4.78 is 6.26. The Morgan fingerprint density at radius 3 is 2.38 bits per heavy atom. The number of carbonyl (C=O) groups is 2. The average molecular weight is 452 g/mol. The number of halogens is 1. The number of nitrogens with zero attached hydrogens (tertiary/aromatic N) is 1. The highest BCUT2D eigenvalue weighted by Gasteiger charge is 2.46. The smallest absolute Gasteiger partial charge is 0.296 e. The molecular weight excluding hydrogens is 434 g/mol. The van der Waals surface area contributed by atoms with E-state index in [0.717, 1.165) is 15.6 Å². The highest BCUT2D eigenvalue weighted by Crippen LogP contribution is 2.40. The maximum atomic E-state index is 12.9. The lowest BCUT2D eigenvalue weighted by Crippen LogP contribution is -2.29. The molecular formula is C23H18BrNO4. The van der Waals surface area contributed by atoms with Crippen LogP contribution in [0.5, 0.6) is 0 Å². The van der Waals surface area contributed by atoms with Gasteiger partial charge in [0, 0.05) is 10.0 Å². The summed E-state index contributed by atoms with van der Waals surface area (Å²) in [6, 6.07) is 17.3. The van der Waals surface area contributed by atoms with Gasteiger partial charge in [-0.3, -0.25) is 9.59 Å². The summed E-state index contributed by atoms with van der Waals surface area (Å²) in [6.45, 7) is 2.07. The molecule has 29 heavy (non-hydrogen) atoms. The quantitative estimate of drug-likeness (QED) is 0.345. The molecule has 146 valence electrons. The summed E-state index contributed by atoms with van der Waals surface area (Å²) in [5.74, 6) is -0.993.